The molecule has 1 saturated carbocycles. The van der Waals surface area contributed by atoms with Crippen molar-refractivity contribution in [3.05, 3.63) is 47.7 Å². The highest BCUT2D eigenvalue weighted by Gasteiger charge is 2.47. The van der Waals surface area contributed by atoms with E-state index in [2.05, 4.69) is 27.2 Å². The van der Waals surface area contributed by atoms with Crippen molar-refractivity contribution >= 4 is 11.8 Å². The largest absolute Gasteiger partial charge is 0.416 e. The highest BCUT2D eigenvalue weighted by molar-refractivity contribution is 5.55. The van der Waals surface area contributed by atoms with Crippen molar-refractivity contribution in [3.8, 4) is 6.07 Å². The maximum atomic E-state index is 13.2. The molecule has 9 heteroatoms. The number of nitrogens with zero attached hydrogens (tertiary/aromatic N) is 3. The first-order chi connectivity index (χ1) is 13.5. The van der Waals surface area contributed by atoms with Crippen LogP contribution in [0.3, 0.4) is 0 Å². The van der Waals surface area contributed by atoms with Crippen LogP contribution in [0.2, 0.25) is 0 Å². The molecule has 0 spiro atoms. The van der Waals surface area contributed by atoms with Gasteiger partial charge in [-0.05, 0) is 18.9 Å². The lowest BCUT2D eigenvalue weighted by Gasteiger charge is -2.49. The van der Waals surface area contributed by atoms with E-state index < -0.39 is 17.9 Å². The number of hydrogen-bond acceptors (Lipinski definition) is 6. The predicted octanol–water partition coefficient (Wildman–Crippen LogP) is 3.95. The van der Waals surface area contributed by atoms with Crippen LogP contribution in [0.25, 0.3) is 0 Å². The fourth-order valence-corrected chi connectivity index (χ4v) is 3.00. The minimum absolute atomic E-state index is 0.0168. The van der Waals surface area contributed by atoms with Gasteiger partial charge >= 0.3 is 6.18 Å². The van der Waals surface area contributed by atoms with Gasteiger partial charge in [0.2, 0.25) is 5.95 Å². The second-order valence-electron chi connectivity index (χ2n) is 7.32. The molecule has 29 heavy (non-hydrogen) atoms. The summed E-state index contributed by atoms with van der Waals surface area (Å²) in [5.41, 5.74) is -0.968. The predicted molar refractivity (Wildman–Crippen MR) is 105 cm³/mol. The maximum Gasteiger partial charge on any atom is 0.416 e. The average molecular weight is 407 g/mol. The number of allylic oxidation sites excluding steroid dienone is 3. The van der Waals surface area contributed by atoms with E-state index in [0.717, 1.165) is 12.2 Å². The van der Waals surface area contributed by atoms with Crippen LogP contribution in [0.15, 0.2) is 42.2 Å². The minimum Gasteiger partial charge on any atom is -0.392 e. The van der Waals surface area contributed by atoms with Crippen molar-refractivity contribution in [3.63, 3.8) is 0 Å². The lowest BCUT2D eigenvalue weighted by molar-refractivity contribution is -0.0893. The lowest BCUT2D eigenvalue weighted by atomic mass is 9.64. The summed E-state index contributed by atoms with van der Waals surface area (Å²) in [6.07, 6.45) is 0.187. The molecule has 0 saturated heterocycles. The number of rotatable bonds is 7. The van der Waals surface area contributed by atoms with Crippen molar-refractivity contribution in [2.24, 2.45) is 5.41 Å². The maximum absolute atomic E-state index is 13.2. The van der Waals surface area contributed by atoms with E-state index >= 15 is 0 Å². The Hall–Kier alpha value is -2.86. The number of halogens is 3. The number of nitrogens with one attached hydrogen (secondary N) is 2. The first-order valence-corrected chi connectivity index (χ1v) is 9.05. The summed E-state index contributed by atoms with van der Waals surface area (Å²) >= 11 is 0. The number of aromatic nitrogens is 2. The molecule has 6 nitrogen and oxygen atoms in total. The average Bonchev–Trinajstić information content (AvgIpc) is 2.66. The molecule has 156 valence electrons. The monoisotopic (exact) mass is 407 g/mol. The molecule has 0 radical (unpaired) electrons. The number of hydrogen-bond donors (Lipinski definition) is 3. The molecule has 0 aliphatic heterocycles. The molecular weight excluding hydrogens is 383 g/mol. The van der Waals surface area contributed by atoms with Crippen LogP contribution in [0.4, 0.5) is 24.9 Å². The third-order valence-corrected chi connectivity index (χ3v) is 5.16. The Morgan fingerprint density at radius 1 is 1.48 bits per heavy atom. The minimum atomic E-state index is -4.52. The molecular formula is C20H24F3N5O. The number of nitriles is 1. The summed E-state index contributed by atoms with van der Waals surface area (Å²) in [7, 11) is 0. The van der Waals surface area contributed by atoms with Crippen LogP contribution < -0.4 is 10.6 Å². The van der Waals surface area contributed by atoms with Gasteiger partial charge < -0.3 is 15.7 Å². The lowest BCUT2D eigenvalue weighted by Crippen LogP contribution is -2.57. The van der Waals surface area contributed by atoms with Crippen molar-refractivity contribution in [2.45, 2.75) is 45.5 Å². The topological polar surface area (TPSA) is 93.9 Å². The van der Waals surface area contributed by atoms with E-state index in [0.29, 0.717) is 6.42 Å². The molecule has 1 aromatic heterocycles. The third-order valence-electron chi connectivity index (χ3n) is 5.16. The quantitative estimate of drug-likeness (QED) is 0.593. The van der Waals surface area contributed by atoms with Crippen molar-refractivity contribution < 1.29 is 18.3 Å². The summed E-state index contributed by atoms with van der Waals surface area (Å²) in [6.45, 7) is 8.48. The number of aliphatic hydroxyl groups is 1. The van der Waals surface area contributed by atoms with Gasteiger partial charge in [-0.1, -0.05) is 38.7 Å². The number of aliphatic hydroxyl groups excluding tert-OH is 1. The van der Waals surface area contributed by atoms with E-state index in [1.54, 1.807) is 0 Å². The molecule has 1 aliphatic rings. The second kappa shape index (κ2) is 8.66. The Kier molecular flexibility index (Phi) is 6.69. The van der Waals surface area contributed by atoms with Crippen LogP contribution in [0, 0.1) is 16.7 Å². The van der Waals surface area contributed by atoms with E-state index in [4.69, 9.17) is 0 Å². The molecule has 1 aliphatic carbocycles. The summed E-state index contributed by atoms with van der Waals surface area (Å²) in [6, 6.07) is 1.90. The highest BCUT2D eigenvalue weighted by Crippen LogP contribution is 2.42. The highest BCUT2D eigenvalue weighted by atomic mass is 19.4. The fraction of sp³-hybridized carbons (Fsp3) is 0.450. The Morgan fingerprint density at radius 2 is 2.17 bits per heavy atom. The van der Waals surface area contributed by atoms with Crippen LogP contribution >= 0.6 is 0 Å². The molecule has 1 heterocycles. The second-order valence-corrected chi connectivity index (χ2v) is 7.32. The van der Waals surface area contributed by atoms with Gasteiger partial charge in [0.25, 0.3) is 0 Å². The number of anilines is 2. The van der Waals surface area contributed by atoms with Gasteiger partial charge in [0.05, 0.1) is 17.9 Å². The molecule has 0 bridgehead atoms. The van der Waals surface area contributed by atoms with E-state index in [1.165, 1.54) is 19.2 Å². The number of alkyl halides is 3. The third kappa shape index (κ3) is 4.95. The molecule has 1 fully saturated rings. The summed E-state index contributed by atoms with van der Waals surface area (Å²) < 4.78 is 39.7. The van der Waals surface area contributed by atoms with E-state index in [9.17, 15) is 23.5 Å². The summed E-state index contributed by atoms with van der Waals surface area (Å²) in [5.74, 6) is 0.360. The zero-order valence-corrected chi connectivity index (χ0v) is 16.5. The molecule has 3 N–H and O–H groups in total. The summed E-state index contributed by atoms with van der Waals surface area (Å²) in [5, 5.41) is 25.1. The van der Waals surface area contributed by atoms with Gasteiger partial charge in [-0.15, -0.1) is 0 Å². The van der Waals surface area contributed by atoms with Crippen LogP contribution in [-0.2, 0) is 0 Å². The molecule has 2 atom stereocenters. The Labute approximate surface area is 167 Å². The molecule has 0 unspecified atom stereocenters. The first-order valence-electron chi connectivity index (χ1n) is 9.05. The molecule has 0 aromatic carbocycles. The fourth-order valence-electron chi connectivity index (χ4n) is 3.00. The van der Waals surface area contributed by atoms with Gasteiger partial charge in [-0.3, -0.25) is 0 Å². The van der Waals surface area contributed by atoms with Crippen LogP contribution in [0.5, 0.6) is 0 Å². The molecule has 1 aromatic rings. The molecule has 0 amide bonds. The Balaban J connectivity index is 2.18. The van der Waals surface area contributed by atoms with Crippen molar-refractivity contribution in [1.82, 2.24) is 9.97 Å². The standard InChI is InChI=1S/C20H24F3N5O/c1-5-7-14(20(21,22)23)12(6-2)10-25-18-26-11-13(9-24)17(28-18)27-15-8-16(29)19(15,3)4/h5-7,11,15-16,29H,1,8,10H2,2-4H3,(H2,25,26,27,28)/b12-6-,14-7+/t15-,16-/m1/s1. The SMILES string of the molecule is C=C/C=C(\C(=C/C)CNc1ncc(C#N)c(N[C@@H]2C[C@@H](O)C2(C)C)n1)C(F)(F)F. The zero-order valence-electron chi connectivity index (χ0n) is 16.5. The zero-order chi connectivity index (χ0) is 21.8. The van der Waals surface area contributed by atoms with Gasteiger partial charge in [-0.2, -0.15) is 23.4 Å². The van der Waals surface area contributed by atoms with Crippen LogP contribution in [-0.4, -0.2) is 39.9 Å². The Morgan fingerprint density at radius 3 is 2.66 bits per heavy atom. The molecule has 2 rings (SSSR count). The van der Waals surface area contributed by atoms with Gasteiger partial charge in [0, 0.05) is 18.0 Å². The van der Waals surface area contributed by atoms with Crippen molar-refractivity contribution in [1.29, 1.82) is 5.26 Å². The van der Waals surface area contributed by atoms with E-state index in [-0.39, 0.29) is 40.9 Å². The normalized spacial score (nSPS) is 21.7. The summed E-state index contributed by atoms with van der Waals surface area (Å²) in [4.78, 5) is 8.25. The smallest absolute Gasteiger partial charge is 0.392 e. The van der Waals surface area contributed by atoms with E-state index in [1.807, 2.05) is 19.9 Å². The first kappa shape index (κ1) is 22.4. The van der Waals surface area contributed by atoms with Gasteiger partial charge in [0.1, 0.15) is 17.5 Å². The Bertz CT molecular complexity index is 868. The van der Waals surface area contributed by atoms with Gasteiger partial charge in [-0.25, -0.2) is 4.98 Å². The van der Waals surface area contributed by atoms with Crippen molar-refractivity contribution in [2.75, 3.05) is 17.2 Å². The van der Waals surface area contributed by atoms with Gasteiger partial charge in [0.15, 0.2) is 0 Å². The van der Waals surface area contributed by atoms with Crippen LogP contribution in [0.1, 0.15) is 32.8 Å².